The summed E-state index contributed by atoms with van der Waals surface area (Å²) in [6, 6.07) is 6.75. The van der Waals surface area contributed by atoms with Gasteiger partial charge in [-0.15, -0.1) is 0 Å². The summed E-state index contributed by atoms with van der Waals surface area (Å²) in [7, 11) is 1.48. The molecule has 3 N–H and O–H groups in total. The first-order chi connectivity index (χ1) is 7.00. The van der Waals surface area contributed by atoms with Gasteiger partial charge in [0, 0.05) is 24.7 Å². The molecule has 1 rings (SSSR count). The highest BCUT2D eigenvalue weighted by atomic mass is 35.5. The molecular weight excluding hydrogens is 216 g/mol. The second-order valence-corrected chi connectivity index (χ2v) is 3.76. The van der Waals surface area contributed by atoms with Crippen LogP contribution in [0.15, 0.2) is 24.3 Å². The van der Waals surface area contributed by atoms with Gasteiger partial charge in [0.15, 0.2) is 0 Å². The van der Waals surface area contributed by atoms with Gasteiger partial charge in [-0.3, -0.25) is 0 Å². The molecule has 1 aromatic rings. The molecule has 4 nitrogen and oxygen atoms in total. The predicted molar refractivity (Wildman–Crippen MR) is 59.0 cm³/mol. The number of hydrogen-bond donors (Lipinski definition) is 2. The van der Waals surface area contributed by atoms with Gasteiger partial charge in [0.25, 0.3) is 0 Å². The summed E-state index contributed by atoms with van der Waals surface area (Å²) < 4.78 is 0. The molecule has 1 atom stereocenters. The summed E-state index contributed by atoms with van der Waals surface area (Å²) in [5.74, 6) is 0. The lowest BCUT2D eigenvalue weighted by Crippen LogP contribution is -2.32. The molecule has 0 aliphatic rings. The first kappa shape index (κ1) is 11.8. The highest BCUT2D eigenvalue weighted by Crippen LogP contribution is 2.16. The van der Waals surface area contributed by atoms with Gasteiger partial charge in [-0.1, -0.05) is 23.7 Å². The molecule has 0 aromatic heterocycles. The van der Waals surface area contributed by atoms with Gasteiger partial charge in [0.1, 0.15) is 0 Å². The Hall–Kier alpha value is -1.26. The molecule has 0 spiro atoms. The van der Waals surface area contributed by atoms with Crippen molar-refractivity contribution in [2.75, 3.05) is 13.6 Å². The molecule has 1 unspecified atom stereocenters. The molecule has 0 aliphatic carbocycles. The number of likely N-dealkylation sites (N-methyl/N-ethyl adjacent to an activating group) is 1. The van der Waals surface area contributed by atoms with Gasteiger partial charge in [-0.05, 0) is 17.7 Å². The smallest absolute Gasteiger partial charge is 0.407 e. The highest BCUT2D eigenvalue weighted by Gasteiger charge is 2.12. The van der Waals surface area contributed by atoms with Crippen LogP contribution in [0.2, 0.25) is 5.02 Å². The lowest BCUT2D eigenvalue weighted by atomic mass is 10.1. The third-order valence-electron chi connectivity index (χ3n) is 2.07. The standard InChI is InChI=1S/C10H13ClN2O2/c1-13(10(14)15)6-9(12)7-3-2-4-8(11)5-7/h2-5,9H,6,12H2,1H3,(H,14,15). The molecule has 0 fully saturated rings. The van der Waals surface area contributed by atoms with E-state index in [0.29, 0.717) is 5.02 Å². The van der Waals surface area contributed by atoms with Gasteiger partial charge < -0.3 is 15.7 Å². The van der Waals surface area contributed by atoms with E-state index in [1.165, 1.54) is 7.05 Å². The molecule has 82 valence electrons. The zero-order chi connectivity index (χ0) is 11.4. The number of nitrogens with two attached hydrogens (primary N) is 1. The first-order valence-electron chi connectivity index (χ1n) is 4.46. The highest BCUT2D eigenvalue weighted by molar-refractivity contribution is 6.30. The van der Waals surface area contributed by atoms with E-state index in [1.807, 2.05) is 6.07 Å². The number of rotatable bonds is 3. The summed E-state index contributed by atoms with van der Waals surface area (Å²) in [5, 5.41) is 9.27. The van der Waals surface area contributed by atoms with Crippen molar-refractivity contribution in [2.24, 2.45) is 5.73 Å². The fourth-order valence-electron chi connectivity index (χ4n) is 1.22. The van der Waals surface area contributed by atoms with Gasteiger partial charge in [0.2, 0.25) is 0 Å². The van der Waals surface area contributed by atoms with Crippen LogP contribution in [0.5, 0.6) is 0 Å². The van der Waals surface area contributed by atoms with Crippen LogP contribution in [0, 0.1) is 0 Å². The molecule has 0 aliphatic heterocycles. The van der Waals surface area contributed by atoms with Crippen molar-refractivity contribution >= 4 is 17.7 Å². The van der Waals surface area contributed by atoms with Crippen molar-refractivity contribution < 1.29 is 9.90 Å². The fraction of sp³-hybridized carbons (Fsp3) is 0.300. The predicted octanol–water partition coefficient (Wildman–Crippen LogP) is 1.95. The number of benzene rings is 1. The Morgan fingerprint density at radius 1 is 1.67 bits per heavy atom. The van der Waals surface area contributed by atoms with Crippen LogP contribution >= 0.6 is 11.6 Å². The van der Waals surface area contributed by atoms with Gasteiger partial charge in [-0.2, -0.15) is 0 Å². The van der Waals surface area contributed by atoms with Crippen LogP contribution in [0.1, 0.15) is 11.6 Å². The quantitative estimate of drug-likeness (QED) is 0.831. The molecule has 0 heterocycles. The number of amides is 1. The van der Waals surface area contributed by atoms with E-state index in [-0.39, 0.29) is 12.6 Å². The number of nitrogens with zero attached hydrogens (tertiary/aromatic N) is 1. The number of hydrogen-bond acceptors (Lipinski definition) is 2. The van der Waals surface area contributed by atoms with Crippen molar-refractivity contribution in [1.29, 1.82) is 0 Å². The molecule has 5 heteroatoms. The summed E-state index contributed by atoms with van der Waals surface area (Å²) >= 11 is 5.80. The van der Waals surface area contributed by atoms with Crippen LogP contribution in [-0.4, -0.2) is 29.7 Å². The average molecular weight is 229 g/mol. The minimum absolute atomic E-state index is 0.246. The maximum Gasteiger partial charge on any atom is 0.407 e. The Morgan fingerprint density at radius 2 is 2.33 bits per heavy atom. The molecular formula is C10H13ClN2O2. The van der Waals surface area contributed by atoms with Crippen molar-refractivity contribution in [1.82, 2.24) is 4.90 Å². The first-order valence-corrected chi connectivity index (χ1v) is 4.83. The van der Waals surface area contributed by atoms with E-state index in [9.17, 15) is 4.79 Å². The number of carboxylic acid groups (broad SMARTS) is 1. The largest absolute Gasteiger partial charge is 0.465 e. The van der Waals surface area contributed by atoms with Crippen LogP contribution in [0.4, 0.5) is 4.79 Å². The number of carbonyl (C=O) groups is 1. The van der Waals surface area contributed by atoms with Gasteiger partial charge in [0.05, 0.1) is 0 Å². The molecule has 0 saturated carbocycles. The lowest BCUT2D eigenvalue weighted by molar-refractivity contribution is 0.153. The summed E-state index contributed by atoms with van der Waals surface area (Å²) in [4.78, 5) is 11.7. The maximum atomic E-state index is 10.6. The SMILES string of the molecule is CN(CC(N)c1cccc(Cl)c1)C(=O)O. The van der Waals surface area contributed by atoms with E-state index >= 15 is 0 Å². The molecule has 1 amide bonds. The minimum atomic E-state index is -0.993. The van der Waals surface area contributed by atoms with Crippen LogP contribution in [0.25, 0.3) is 0 Å². The van der Waals surface area contributed by atoms with E-state index < -0.39 is 6.09 Å². The Kier molecular flexibility index (Phi) is 3.94. The zero-order valence-electron chi connectivity index (χ0n) is 8.35. The maximum absolute atomic E-state index is 10.6. The third kappa shape index (κ3) is 3.42. The Morgan fingerprint density at radius 3 is 2.87 bits per heavy atom. The van der Waals surface area contributed by atoms with Gasteiger partial charge in [-0.25, -0.2) is 4.79 Å². The van der Waals surface area contributed by atoms with Crippen molar-refractivity contribution in [3.63, 3.8) is 0 Å². The van der Waals surface area contributed by atoms with Crippen LogP contribution in [0.3, 0.4) is 0 Å². The average Bonchev–Trinajstić information content (AvgIpc) is 2.17. The summed E-state index contributed by atoms with van der Waals surface area (Å²) in [6.07, 6.45) is -0.993. The van der Waals surface area contributed by atoms with Gasteiger partial charge >= 0.3 is 6.09 Å². The number of halogens is 1. The van der Waals surface area contributed by atoms with E-state index in [4.69, 9.17) is 22.4 Å². The second kappa shape index (κ2) is 5.00. The minimum Gasteiger partial charge on any atom is -0.465 e. The topological polar surface area (TPSA) is 66.6 Å². The zero-order valence-corrected chi connectivity index (χ0v) is 9.11. The third-order valence-corrected chi connectivity index (χ3v) is 2.31. The van der Waals surface area contributed by atoms with Crippen molar-refractivity contribution in [3.8, 4) is 0 Å². The molecule has 15 heavy (non-hydrogen) atoms. The lowest BCUT2D eigenvalue weighted by Gasteiger charge is -2.18. The monoisotopic (exact) mass is 228 g/mol. The second-order valence-electron chi connectivity index (χ2n) is 3.32. The normalized spacial score (nSPS) is 12.2. The molecule has 0 bridgehead atoms. The Labute approximate surface area is 93.2 Å². The molecule has 0 saturated heterocycles. The summed E-state index contributed by atoms with van der Waals surface area (Å²) in [6.45, 7) is 0.246. The molecule has 0 radical (unpaired) electrons. The van der Waals surface area contributed by atoms with Crippen LogP contribution in [-0.2, 0) is 0 Å². The fourth-order valence-corrected chi connectivity index (χ4v) is 1.41. The van der Waals surface area contributed by atoms with E-state index in [0.717, 1.165) is 10.5 Å². The Bertz CT molecular complexity index is 357. The van der Waals surface area contributed by atoms with Crippen LogP contribution < -0.4 is 5.73 Å². The van der Waals surface area contributed by atoms with Crippen molar-refractivity contribution in [3.05, 3.63) is 34.9 Å². The van der Waals surface area contributed by atoms with E-state index in [1.54, 1.807) is 18.2 Å². The Balaban J connectivity index is 2.68. The molecule has 1 aromatic carbocycles. The summed E-state index contributed by atoms with van der Waals surface area (Å²) in [5.41, 5.74) is 6.67. The van der Waals surface area contributed by atoms with Crippen molar-refractivity contribution in [2.45, 2.75) is 6.04 Å². The van der Waals surface area contributed by atoms with E-state index in [2.05, 4.69) is 0 Å².